The standard InChI is InChI=1S/C15H16ClN3O2S/c16-12-3-1-2-10(6-12)8-14-18-19-15(22-14)17-13(20)7-11-4-5-21-9-11/h1-3,6,11H,4-5,7-9H2,(H,17,19,20)/t11-/m1/s1. The van der Waals surface area contributed by atoms with Crippen LogP contribution < -0.4 is 5.32 Å². The second kappa shape index (κ2) is 7.17. The molecule has 5 nitrogen and oxygen atoms in total. The lowest BCUT2D eigenvalue weighted by molar-refractivity contribution is -0.117. The van der Waals surface area contributed by atoms with Gasteiger partial charge >= 0.3 is 0 Å². The van der Waals surface area contributed by atoms with Crippen LogP contribution in [0.15, 0.2) is 24.3 Å². The average Bonchev–Trinajstić information content (AvgIpc) is 3.11. The lowest BCUT2D eigenvalue weighted by Gasteiger charge is -2.05. The Morgan fingerprint density at radius 3 is 3.14 bits per heavy atom. The third-order valence-corrected chi connectivity index (χ3v) is 4.53. The highest BCUT2D eigenvalue weighted by molar-refractivity contribution is 7.15. The van der Waals surface area contributed by atoms with Crippen molar-refractivity contribution < 1.29 is 9.53 Å². The fourth-order valence-corrected chi connectivity index (χ4v) is 3.38. The summed E-state index contributed by atoms with van der Waals surface area (Å²) in [5, 5.41) is 13.0. The third-order valence-electron chi connectivity index (χ3n) is 3.46. The number of aromatic nitrogens is 2. The van der Waals surface area contributed by atoms with Crippen LogP contribution in [0.25, 0.3) is 0 Å². The van der Waals surface area contributed by atoms with Crippen molar-refractivity contribution in [3.63, 3.8) is 0 Å². The zero-order valence-electron chi connectivity index (χ0n) is 11.9. The van der Waals surface area contributed by atoms with Gasteiger partial charge in [-0.05, 0) is 30.0 Å². The number of hydrogen-bond acceptors (Lipinski definition) is 5. The lowest BCUT2D eigenvalue weighted by Crippen LogP contribution is -2.16. The summed E-state index contributed by atoms with van der Waals surface area (Å²) < 4.78 is 5.27. The minimum atomic E-state index is -0.0269. The Hall–Kier alpha value is -1.50. The molecule has 1 amide bonds. The number of nitrogens with one attached hydrogen (secondary N) is 1. The van der Waals surface area contributed by atoms with Gasteiger partial charge in [0.05, 0.1) is 0 Å². The molecule has 0 bridgehead atoms. The van der Waals surface area contributed by atoms with E-state index in [1.54, 1.807) is 0 Å². The molecule has 1 aliphatic heterocycles. The molecule has 1 aliphatic rings. The van der Waals surface area contributed by atoms with Crippen LogP contribution in [0.4, 0.5) is 5.13 Å². The Bertz CT molecular complexity index is 656. The van der Waals surface area contributed by atoms with Gasteiger partial charge in [0.15, 0.2) is 0 Å². The summed E-state index contributed by atoms with van der Waals surface area (Å²) in [4.78, 5) is 11.9. The number of benzene rings is 1. The molecule has 0 aliphatic carbocycles. The van der Waals surface area contributed by atoms with Crippen LogP contribution >= 0.6 is 22.9 Å². The first kappa shape index (κ1) is 15.4. The van der Waals surface area contributed by atoms with Crippen molar-refractivity contribution in [2.45, 2.75) is 19.3 Å². The molecule has 0 spiro atoms. The van der Waals surface area contributed by atoms with Gasteiger partial charge in [0.1, 0.15) is 5.01 Å². The van der Waals surface area contributed by atoms with Crippen LogP contribution in [0.5, 0.6) is 0 Å². The van der Waals surface area contributed by atoms with Gasteiger partial charge in [0, 0.05) is 31.1 Å². The van der Waals surface area contributed by atoms with Gasteiger partial charge in [0.2, 0.25) is 11.0 Å². The fourth-order valence-electron chi connectivity index (χ4n) is 2.37. The molecule has 1 saturated heterocycles. The summed E-state index contributed by atoms with van der Waals surface area (Å²) in [5.74, 6) is 0.291. The van der Waals surface area contributed by atoms with Crippen molar-refractivity contribution in [1.29, 1.82) is 0 Å². The molecule has 22 heavy (non-hydrogen) atoms. The monoisotopic (exact) mass is 337 g/mol. The van der Waals surface area contributed by atoms with Gasteiger partial charge in [-0.15, -0.1) is 10.2 Å². The van der Waals surface area contributed by atoms with Gasteiger partial charge < -0.3 is 10.1 Å². The van der Waals surface area contributed by atoms with E-state index in [2.05, 4.69) is 15.5 Å². The van der Waals surface area contributed by atoms with Crippen LogP contribution in [0.2, 0.25) is 5.02 Å². The average molecular weight is 338 g/mol. The maximum atomic E-state index is 11.9. The molecule has 0 radical (unpaired) electrons. The molecule has 7 heteroatoms. The van der Waals surface area contributed by atoms with Crippen molar-refractivity contribution in [2.75, 3.05) is 18.5 Å². The van der Waals surface area contributed by atoms with Gasteiger partial charge in [0.25, 0.3) is 0 Å². The van der Waals surface area contributed by atoms with Crippen LogP contribution in [0.3, 0.4) is 0 Å². The summed E-state index contributed by atoms with van der Waals surface area (Å²) in [6.45, 7) is 1.42. The number of rotatable bonds is 5. The van der Waals surface area contributed by atoms with Crippen LogP contribution in [-0.4, -0.2) is 29.3 Å². The number of halogens is 1. The molecule has 1 aromatic carbocycles. The highest BCUT2D eigenvalue weighted by Gasteiger charge is 2.19. The Balaban J connectivity index is 1.55. The fraction of sp³-hybridized carbons (Fsp3) is 0.400. The van der Waals surface area contributed by atoms with E-state index in [-0.39, 0.29) is 5.91 Å². The minimum absolute atomic E-state index is 0.0269. The van der Waals surface area contributed by atoms with Crippen molar-refractivity contribution in [3.05, 3.63) is 39.9 Å². The number of hydrogen-bond donors (Lipinski definition) is 1. The van der Waals surface area contributed by atoms with Crippen molar-refractivity contribution in [3.8, 4) is 0 Å². The summed E-state index contributed by atoms with van der Waals surface area (Å²) in [5.41, 5.74) is 1.07. The van der Waals surface area contributed by atoms with Crippen molar-refractivity contribution in [1.82, 2.24) is 10.2 Å². The molecular formula is C15H16ClN3O2S. The molecule has 2 aromatic rings. The summed E-state index contributed by atoms with van der Waals surface area (Å²) in [6.07, 6.45) is 2.08. The first-order valence-corrected chi connectivity index (χ1v) is 8.33. The SMILES string of the molecule is O=C(C[C@H]1CCOC1)Nc1nnc(Cc2cccc(Cl)c2)s1. The summed E-state index contributed by atoms with van der Waals surface area (Å²) >= 11 is 7.36. The topological polar surface area (TPSA) is 64.1 Å². The normalized spacial score (nSPS) is 17.6. The molecule has 116 valence electrons. The zero-order chi connectivity index (χ0) is 15.4. The Kier molecular flexibility index (Phi) is 5.02. The van der Waals surface area contributed by atoms with Crippen LogP contribution in [-0.2, 0) is 16.0 Å². The molecule has 0 unspecified atom stereocenters. The smallest absolute Gasteiger partial charge is 0.226 e. The van der Waals surface area contributed by atoms with E-state index >= 15 is 0 Å². The van der Waals surface area contributed by atoms with Crippen LogP contribution in [0, 0.1) is 5.92 Å². The molecule has 0 saturated carbocycles. The summed E-state index contributed by atoms with van der Waals surface area (Å²) in [7, 11) is 0. The molecule has 2 heterocycles. The van der Waals surface area contributed by atoms with E-state index in [4.69, 9.17) is 16.3 Å². The first-order valence-electron chi connectivity index (χ1n) is 7.13. The first-order chi connectivity index (χ1) is 10.7. The van der Waals surface area contributed by atoms with Gasteiger partial charge in [-0.3, -0.25) is 4.79 Å². The van der Waals surface area contributed by atoms with E-state index in [9.17, 15) is 4.79 Å². The molecule has 1 fully saturated rings. The van der Waals surface area contributed by atoms with E-state index in [1.807, 2.05) is 24.3 Å². The Labute approximate surface area is 137 Å². The maximum absolute atomic E-state index is 11.9. The predicted octanol–water partition coefficient (Wildman–Crippen LogP) is 3.15. The van der Waals surface area contributed by atoms with E-state index in [0.29, 0.717) is 35.5 Å². The number of carbonyl (C=O) groups excluding carboxylic acids is 1. The second-order valence-electron chi connectivity index (χ2n) is 5.29. The second-order valence-corrected chi connectivity index (χ2v) is 6.79. The quantitative estimate of drug-likeness (QED) is 0.910. The van der Waals surface area contributed by atoms with E-state index in [0.717, 1.165) is 23.6 Å². The summed E-state index contributed by atoms with van der Waals surface area (Å²) in [6, 6.07) is 7.64. The lowest BCUT2D eigenvalue weighted by atomic mass is 10.1. The molecule has 1 atom stereocenters. The molecule has 1 aromatic heterocycles. The maximum Gasteiger partial charge on any atom is 0.226 e. The molecule has 3 rings (SSSR count). The Morgan fingerprint density at radius 1 is 1.45 bits per heavy atom. The number of ether oxygens (including phenoxy) is 1. The van der Waals surface area contributed by atoms with Gasteiger partial charge in [-0.25, -0.2) is 0 Å². The number of nitrogens with zero attached hydrogens (tertiary/aromatic N) is 2. The zero-order valence-corrected chi connectivity index (χ0v) is 13.5. The minimum Gasteiger partial charge on any atom is -0.381 e. The Morgan fingerprint density at radius 2 is 2.36 bits per heavy atom. The number of carbonyl (C=O) groups is 1. The van der Waals surface area contributed by atoms with Crippen molar-refractivity contribution >= 4 is 34.0 Å². The van der Waals surface area contributed by atoms with Crippen LogP contribution in [0.1, 0.15) is 23.4 Å². The van der Waals surface area contributed by atoms with Gasteiger partial charge in [-0.1, -0.05) is 35.1 Å². The predicted molar refractivity (Wildman–Crippen MR) is 86.3 cm³/mol. The number of anilines is 1. The third kappa shape index (κ3) is 4.25. The van der Waals surface area contributed by atoms with Crippen molar-refractivity contribution in [2.24, 2.45) is 5.92 Å². The van der Waals surface area contributed by atoms with E-state index < -0.39 is 0 Å². The highest BCUT2D eigenvalue weighted by Crippen LogP contribution is 2.22. The largest absolute Gasteiger partial charge is 0.381 e. The molecule has 1 N–H and O–H groups in total. The number of amides is 1. The molecular weight excluding hydrogens is 322 g/mol. The van der Waals surface area contributed by atoms with E-state index in [1.165, 1.54) is 11.3 Å². The van der Waals surface area contributed by atoms with Gasteiger partial charge in [-0.2, -0.15) is 0 Å². The highest BCUT2D eigenvalue weighted by atomic mass is 35.5.